The lowest BCUT2D eigenvalue weighted by molar-refractivity contribution is -0.162. The van der Waals surface area contributed by atoms with E-state index in [2.05, 4.69) is 5.32 Å². The van der Waals surface area contributed by atoms with Gasteiger partial charge in [0.25, 0.3) is 5.91 Å². The first-order valence-electron chi connectivity index (χ1n) is 8.37. The topological polar surface area (TPSA) is 78.9 Å². The molecule has 0 saturated carbocycles. The average Bonchev–Trinajstić information content (AvgIpc) is 2.57. The molecule has 1 aliphatic heterocycles. The molecular formula is C18H26N2O4. The fourth-order valence-corrected chi connectivity index (χ4v) is 2.95. The van der Waals surface area contributed by atoms with Crippen LogP contribution in [0.15, 0.2) is 24.3 Å². The molecular weight excluding hydrogens is 308 g/mol. The Morgan fingerprint density at radius 3 is 2.79 bits per heavy atom. The summed E-state index contributed by atoms with van der Waals surface area (Å²) in [7, 11) is 1.71. The van der Waals surface area contributed by atoms with Crippen LogP contribution in [0.5, 0.6) is 0 Å². The third-order valence-corrected chi connectivity index (χ3v) is 4.38. The monoisotopic (exact) mass is 334 g/mol. The number of ether oxygens (including phenoxy) is 1. The highest BCUT2D eigenvalue weighted by molar-refractivity contribution is 5.86. The number of nitrogens with one attached hydrogen (secondary N) is 1. The molecule has 24 heavy (non-hydrogen) atoms. The SMILES string of the molecule is Cc1ccccc1[C@@H]1[C@@H](C(=O)NCCCCCO)OCC(=O)N1C. The average molecular weight is 334 g/mol. The standard InChI is InChI=1S/C18H26N2O4/c1-13-8-4-5-9-14(13)16-17(24-12-15(22)20(16)2)18(23)19-10-6-3-7-11-21/h4-5,8-9,16-17,21H,3,6-7,10-12H2,1-2H3,(H,19,23)/t16-,17+/m1/s1. The lowest BCUT2D eigenvalue weighted by Crippen LogP contribution is -2.53. The van der Waals surface area contributed by atoms with E-state index in [4.69, 9.17) is 9.84 Å². The van der Waals surface area contributed by atoms with Gasteiger partial charge in [0.05, 0.1) is 6.04 Å². The zero-order valence-electron chi connectivity index (χ0n) is 14.3. The second-order valence-corrected chi connectivity index (χ2v) is 6.11. The van der Waals surface area contributed by atoms with Crippen LogP contribution < -0.4 is 5.32 Å². The Morgan fingerprint density at radius 2 is 2.08 bits per heavy atom. The Balaban J connectivity index is 2.09. The van der Waals surface area contributed by atoms with Crippen LogP contribution in [0.1, 0.15) is 36.4 Å². The van der Waals surface area contributed by atoms with Crippen molar-refractivity contribution in [2.24, 2.45) is 0 Å². The van der Waals surface area contributed by atoms with Gasteiger partial charge in [-0.2, -0.15) is 0 Å². The molecule has 1 aromatic rings. The van der Waals surface area contributed by atoms with Gasteiger partial charge in [0, 0.05) is 20.2 Å². The summed E-state index contributed by atoms with van der Waals surface area (Å²) in [5.41, 5.74) is 1.95. The number of carbonyl (C=O) groups excluding carboxylic acids is 2. The van der Waals surface area contributed by atoms with Gasteiger partial charge in [-0.05, 0) is 37.3 Å². The first kappa shape index (κ1) is 18.4. The van der Waals surface area contributed by atoms with Crippen molar-refractivity contribution >= 4 is 11.8 Å². The highest BCUT2D eigenvalue weighted by Crippen LogP contribution is 2.31. The van der Waals surface area contributed by atoms with Crippen molar-refractivity contribution in [2.45, 2.75) is 38.3 Å². The summed E-state index contributed by atoms with van der Waals surface area (Å²) in [6.07, 6.45) is 1.69. The Labute approximate surface area is 142 Å². The number of benzene rings is 1. The van der Waals surface area contributed by atoms with Crippen LogP contribution in [-0.2, 0) is 14.3 Å². The van der Waals surface area contributed by atoms with E-state index in [0.717, 1.165) is 30.4 Å². The quantitative estimate of drug-likeness (QED) is 0.734. The molecule has 1 aromatic carbocycles. The maximum Gasteiger partial charge on any atom is 0.251 e. The third kappa shape index (κ3) is 4.33. The van der Waals surface area contributed by atoms with Crippen LogP contribution in [0.2, 0.25) is 0 Å². The number of aryl methyl sites for hydroxylation is 1. The van der Waals surface area contributed by atoms with Gasteiger partial charge in [-0.1, -0.05) is 24.3 Å². The van der Waals surface area contributed by atoms with Crippen molar-refractivity contribution in [3.8, 4) is 0 Å². The predicted molar refractivity (Wildman–Crippen MR) is 90.4 cm³/mol. The van der Waals surface area contributed by atoms with Crippen LogP contribution in [0.25, 0.3) is 0 Å². The number of unbranched alkanes of at least 4 members (excludes halogenated alkanes) is 2. The van der Waals surface area contributed by atoms with E-state index in [1.54, 1.807) is 11.9 Å². The van der Waals surface area contributed by atoms with Gasteiger partial charge in [0.15, 0.2) is 6.10 Å². The van der Waals surface area contributed by atoms with Gasteiger partial charge in [-0.25, -0.2) is 0 Å². The van der Waals surface area contributed by atoms with Gasteiger partial charge in [0.1, 0.15) is 6.61 Å². The number of amides is 2. The highest BCUT2D eigenvalue weighted by Gasteiger charge is 2.40. The number of nitrogens with zero attached hydrogens (tertiary/aromatic N) is 1. The minimum Gasteiger partial charge on any atom is -0.396 e. The number of aliphatic hydroxyl groups excluding tert-OH is 1. The van der Waals surface area contributed by atoms with E-state index in [-0.39, 0.29) is 25.0 Å². The fraction of sp³-hybridized carbons (Fsp3) is 0.556. The zero-order chi connectivity index (χ0) is 17.5. The molecule has 0 radical (unpaired) electrons. The lowest BCUT2D eigenvalue weighted by Gasteiger charge is -2.38. The molecule has 6 heteroatoms. The van der Waals surface area contributed by atoms with Crippen molar-refractivity contribution in [2.75, 3.05) is 26.8 Å². The predicted octanol–water partition coefficient (Wildman–Crippen LogP) is 1.17. The van der Waals surface area contributed by atoms with Gasteiger partial charge in [-0.15, -0.1) is 0 Å². The van der Waals surface area contributed by atoms with E-state index in [1.165, 1.54) is 0 Å². The summed E-state index contributed by atoms with van der Waals surface area (Å²) in [6, 6.07) is 7.30. The molecule has 2 N–H and O–H groups in total. The molecule has 0 unspecified atom stereocenters. The van der Waals surface area contributed by atoms with Gasteiger partial charge in [-0.3, -0.25) is 9.59 Å². The number of hydrogen-bond acceptors (Lipinski definition) is 4. The first-order valence-corrected chi connectivity index (χ1v) is 8.37. The number of rotatable bonds is 7. The van der Waals surface area contributed by atoms with E-state index >= 15 is 0 Å². The lowest BCUT2D eigenvalue weighted by atomic mass is 9.94. The molecule has 1 aliphatic rings. The summed E-state index contributed by atoms with van der Waals surface area (Å²) in [4.78, 5) is 26.2. The van der Waals surface area contributed by atoms with Crippen molar-refractivity contribution in [1.82, 2.24) is 10.2 Å². The summed E-state index contributed by atoms with van der Waals surface area (Å²) in [6.45, 7) is 2.59. The first-order chi connectivity index (χ1) is 11.6. The van der Waals surface area contributed by atoms with Crippen LogP contribution in [-0.4, -0.2) is 54.7 Å². The van der Waals surface area contributed by atoms with Gasteiger partial charge < -0.3 is 20.1 Å². The third-order valence-electron chi connectivity index (χ3n) is 4.38. The van der Waals surface area contributed by atoms with Crippen molar-refractivity contribution in [3.05, 3.63) is 35.4 Å². The molecule has 1 fully saturated rings. The van der Waals surface area contributed by atoms with Crippen molar-refractivity contribution < 1.29 is 19.4 Å². The number of likely N-dealkylation sites (N-methyl/N-ethyl adjacent to an activating group) is 1. The number of aliphatic hydroxyl groups is 1. The molecule has 0 aliphatic carbocycles. The molecule has 0 spiro atoms. The largest absolute Gasteiger partial charge is 0.396 e. The molecule has 0 aromatic heterocycles. The van der Waals surface area contributed by atoms with Crippen LogP contribution in [0, 0.1) is 6.92 Å². The molecule has 1 saturated heterocycles. The minimum absolute atomic E-state index is 0.0819. The Hall–Kier alpha value is -1.92. The highest BCUT2D eigenvalue weighted by atomic mass is 16.5. The van der Waals surface area contributed by atoms with E-state index < -0.39 is 12.1 Å². The molecule has 2 amide bonds. The van der Waals surface area contributed by atoms with E-state index in [9.17, 15) is 9.59 Å². The van der Waals surface area contributed by atoms with Crippen LogP contribution in [0.4, 0.5) is 0 Å². The number of carbonyl (C=O) groups is 2. The number of morpholine rings is 1. The number of hydrogen-bond donors (Lipinski definition) is 2. The molecule has 1 heterocycles. The maximum atomic E-state index is 12.6. The Bertz CT molecular complexity index is 576. The Morgan fingerprint density at radius 1 is 1.33 bits per heavy atom. The molecule has 0 bridgehead atoms. The molecule has 6 nitrogen and oxygen atoms in total. The van der Waals surface area contributed by atoms with E-state index in [0.29, 0.717) is 6.54 Å². The van der Waals surface area contributed by atoms with Gasteiger partial charge >= 0.3 is 0 Å². The summed E-state index contributed by atoms with van der Waals surface area (Å²) >= 11 is 0. The normalized spacial score (nSPS) is 21.0. The van der Waals surface area contributed by atoms with Gasteiger partial charge in [0.2, 0.25) is 5.91 Å². The minimum atomic E-state index is -0.716. The molecule has 2 rings (SSSR count). The van der Waals surface area contributed by atoms with Crippen LogP contribution >= 0.6 is 0 Å². The zero-order valence-corrected chi connectivity index (χ0v) is 14.3. The molecule has 2 atom stereocenters. The van der Waals surface area contributed by atoms with E-state index in [1.807, 2.05) is 31.2 Å². The smallest absolute Gasteiger partial charge is 0.251 e. The maximum absolute atomic E-state index is 12.6. The summed E-state index contributed by atoms with van der Waals surface area (Å²) in [5, 5.41) is 11.7. The summed E-state index contributed by atoms with van der Waals surface area (Å²) in [5.74, 6) is -0.332. The van der Waals surface area contributed by atoms with Crippen molar-refractivity contribution in [3.63, 3.8) is 0 Å². The Kier molecular flexibility index (Phi) is 6.75. The van der Waals surface area contributed by atoms with Crippen molar-refractivity contribution in [1.29, 1.82) is 0 Å². The van der Waals surface area contributed by atoms with Crippen LogP contribution in [0.3, 0.4) is 0 Å². The summed E-state index contributed by atoms with van der Waals surface area (Å²) < 4.78 is 5.58. The molecule has 132 valence electrons. The second kappa shape index (κ2) is 8.80. The second-order valence-electron chi connectivity index (χ2n) is 6.11. The fourth-order valence-electron chi connectivity index (χ4n) is 2.95.